The molecule has 1 aliphatic heterocycles. The number of hydrogen-bond acceptors (Lipinski definition) is 5. The minimum Gasteiger partial charge on any atom is -0.367 e. The van der Waals surface area contributed by atoms with Crippen LogP contribution in [0.1, 0.15) is 40.0 Å². The summed E-state index contributed by atoms with van der Waals surface area (Å²) in [6.07, 6.45) is 5.44. The Morgan fingerprint density at radius 1 is 1.50 bits per heavy atom. The summed E-state index contributed by atoms with van der Waals surface area (Å²) in [6, 6.07) is 2.26. The van der Waals surface area contributed by atoms with Crippen molar-refractivity contribution in [2.45, 2.75) is 45.6 Å². The molecule has 0 radical (unpaired) electrons. The first-order valence-electron chi connectivity index (χ1n) is 7.32. The number of rotatable bonds is 3. The maximum absolute atomic E-state index is 12.0. The van der Waals surface area contributed by atoms with E-state index in [1.54, 1.807) is 11.3 Å². The van der Waals surface area contributed by atoms with Crippen LogP contribution in [0.4, 0.5) is 0 Å². The Labute approximate surface area is 139 Å². The number of nitrogens with zero attached hydrogens (tertiary/aromatic N) is 4. The third-order valence-corrected chi connectivity index (χ3v) is 4.33. The summed E-state index contributed by atoms with van der Waals surface area (Å²) >= 11 is 3.39. The van der Waals surface area contributed by atoms with Crippen LogP contribution in [-0.2, 0) is 15.2 Å². The molecule has 22 heavy (non-hydrogen) atoms. The number of piperidine rings is 1. The topological polar surface area (TPSA) is 71.2 Å². The van der Waals surface area contributed by atoms with Gasteiger partial charge in [0.05, 0.1) is 34.1 Å². The highest BCUT2D eigenvalue weighted by Gasteiger charge is 2.39. The molecule has 1 saturated heterocycles. The van der Waals surface area contributed by atoms with Gasteiger partial charge in [0.1, 0.15) is 0 Å². The lowest BCUT2D eigenvalue weighted by Crippen LogP contribution is -2.47. The Bertz CT molecular complexity index is 577. The van der Waals surface area contributed by atoms with Crippen LogP contribution in [0.5, 0.6) is 0 Å². The van der Waals surface area contributed by atoms with Crippen LogP contribution < -0.4 is 0 Å². The van der Waals surface area contributed by atoms with E-state index in [4.69, 9.17) is 10.1 Å². The highest BCUT2D eigenvalue weighted by molar-refractivity contribution is 9.10. The number of hydrogen-bond donors (Lipinski definition) is 0. The predicted molar refractivity (Wildman–Crippen MR) is 84.5 cm³/mol. The molecular weight excluding hydrogens is 348 g/mol. The Hall–Kier alpha value is -1.39. The molecule has 6 nitrogen and oxygen atoms in total. The predicted octanol–water partition coefficient (Wildman–Crippen LogP) is 2.85. The van der Waals surface area contributed by atoms with Gasteiger partial charge in [-0.2, -0.15) is 10.4 Å². The van der Waals surface area contributed by atoms with Gasteiger partial charge in [0.2, 0.25) is 0 Å². The first-order valence-corrected chi connectivity index (χ1v) is 8.11. The second kappa shape index (κ2) is 6.39. The fourth-order valence-electron chi connectivity index (χ4n) is 2.44. The number of halogens is 1. The Morgan fingerprint density at radius 3 is 2.59 bits per heavy atom. The Kier molecular flexibility index (Phi) is 4.93. The lowest BCUT2D eigenvalue weighted by molar-refractivity contribution is -0.209. The van der Waals surface area contributed by atoms with Gasteiger partial charge in [0.15, 0.2) is 0 Å². The van der Waals surface area contributed by atoms with E-state index in [-0.39, 0.29) is 11.5 Å². The van der Waals surface area contributed by atoms with Crippen molar-refractivity contribution in [2.24, 2.45) is 5.41 Å². The summed E-state index contributed by atoms with van der Waals surface area (Å²) in [4.78, 5) is 17.4. The molecule has 0 atom stereocenters. The van der Waals surface area contributed by atoms with E-state index >= 15 is 0 Å². The third kappa shape index (κ3) is 3.68. The Morgan fingerprint density at radius 2 is 2.14 bits per heavy atom. The van der Waals surface area contributed by atoms with Crippen molar-refractivity contribution in [2.75, 3.05) is 13.1 Å². The monoisotopic (exact) mass is 368 g/mol. The summed E-state index contributed by atoms with van der Waals surface area (Å²) in [5, 5.41) is 15.2. The number of nitriles is 1. The van der Waals surface area contributed by atoms with E-state index < -0.39 is 5.41 Å². The summed E-state index contributed by atoms with van der Waals surface area (Å²) in [6.45, 7) is 6.70. The first-order chi connectivity index (χ1) is 10.3. The Balaban J connectivity index is 2.05. The van der Waals surface area contributed by atoms with Gasteiger partial charge in [0.25, 0.3) is 0 Å². The van der Waals surface area contributed by atoms with Gasteiger partial charge in [0, 0.05) is 19.3 Å². The van der Waals surface area contributed by atoms with Crippen molar-refractivity contribution in [3.8, 4) is 6.07 Å². The van der Waals surface area contributed by atoms with E-state index in [9.17, 15) is 4.79 Å². The molecule has 1 fully saturated rings. The SMILES string of the molecule is CC(C)(C)C(=O)ON1CCC(CC#N)(n2cc(Br)cn2)CC1. The van der Waals surface area contributed by atoms with E-state index in [0.29, 0.717) is 32.4 Å². The van der Waals surface area contributed by atoms with Gasteiger partial charge in [-0.3, -0.25) is 4.68 Å². The number of aromatic nitrogens is 2. The highest BCUT2D eigenvalue weighted by Crippen LogP contribution is 2.34. The lowest BCUT2D eigenvalue weighted by atomic mass is 9.85. The maximum Gasteiger partial charge on any atom is 0.330 e. The first kappa shape index (κ1) is 17.0. The molecule has 7 heteroatoms. The molecule has 1 aromatic heterocycles. The lowest BCUT2D eigenvalue weighted by Gasteiger charge is -2.40. The van der Waals surface area contributed by atoms with E-state index in [2.05, 4.69) is 27.1 Å². The van der Waals surface area contributed by atoms with Crippen LogP contribution in [0.25, 0.3) is 0 Å². The highest BCUT2D eigenvalue weighted by atomic mass is 79.9. The number of carbonyl (C=O) groups excluding carboxylic acids is 1. The van der Waals surface area contributed by atoms with E-state index in [1.165, 1.54) is 0 Å². The molecule has 0 bridgehead atoms. The normalized spacial score (nSPS) is 18.7. The largest absolute Gasteiger partial charge is 0.367 e. The molecule has 0 saturated carbocycles. The maximum atomic E-state index is 12.0. The number of carbonyl (C=O) groups is 1. The minimum atomic E-state index is -0.520. The van der Waals surface area contributed by atoms with Gasteiger partial charge in [-0.15, -0.1) is 5.06 Å². The second-order valence-corrected chi connectivity index (χ2v) is 7.64. The van der Waals surface area contributed by atoms with Crippen LogP contribution in [0.15, 0.2) is 16.9 Å². The van der Waals surface area contributed by atoms with Gasteiger partial charge >= 0.3 is 5.97 Å². The fraction of sp³-hybridized carbons (Fsp3) is 0.667. The summed E-state index contributed by atoms with van der Waals surface area (Å²) in [7, 11) is 0. The second-order valence-electron chi connectivity index (χ2n) is 6.72. The molecular formula is C15H21BrN4O2. The van der Waals surface area contributed by atoms with Gasteiger partial charge in [-0.25, -0.2) is 4.79 Å². The molecule has 0 unspecified atom stereocenters. The molecule has 2 heterocycles. The fourth-order valence-corrected chi connectivity index (χ4v) is 2.73. The average Bonchev–Trinajstić information content (AvgIpc) is 2.87. The number of hydroxylamine groups is 2. The van der Waals surface area contributed by atoms with Crippen LogP contribution in [-0.4, -0.2) is 33.9 Å². The zero-order valence-electron chi connectivity index (χ0n) is 13.2. The summed E-state index contributed by atoms with van der Waals surface area (Å²) in [5.41, 5.74) is -0.848. The zero-order valence-corrected chi connectivity index (χ0v) is 14.8. The van der Waals surface area contributed by atoms with Crippen LogP contribution in [0.2, 0.25) is 0 Å². The van der Waals surface area contributed by atoms with Crippen LogP contribution in [0.3, 0.4) is 0 Å². The summed E-state index contributed by atoms with van der Waals surface area (Å²) in [5.74, 6) is -0.234. The van der Waals surface area contributed by atoms with Crippen molar-refractivity contribution in [1.82, 2.24) is 14.8 Å². The van der Waals surface area contributed by atoms with Gasteiger partial charge < -0.3 is 4.84 Å². The van der Waals surface area contributed by atoms with Gasteiger partial charge in [-0.05, 0) is 49.5 Å². The standard InChI is InChI=1S/C15H21BrN4O2/c1-14(2,3)13(21)22-19-8-5-15(4-7-17,6-9-19)20-11-12(16)10-18-20/h10-11H,4-6,8-9H2,1-3H3. The van der Waals surface area contributed by atoms with Crippen LogP contribution in [0, 0.1) is 16.7 Å². The molecule has 120 valence electrons. The molecule has 0 N–H and O–H groups in total. The quantitative estimate of drug-likeness (QED) is 0.819. The van der Waals surface area contributed by atoms with Crippen molar-refractivity contribution in [3.63, 3.8) is 0 Å². The molecule has 0 spiro atoms. The zero-order chi connectivity index (χ0) is 16.4. The molecule has 0 aliphatic carbocycles. The molecule has 2 rings (SSSR count). The third-order valence-electron chi connectivity index (χ3n) is 3.92. The summed E-state index contributed by atoms with van der Waals surface area (Å²) < 4.78 is 2.76. The minimum absolute atomic E-state index is 0.234. The molecule has 0 amide bonds. The molecule has 1 aliphatic rings. The molecule has 1 aromatic rings. The average molecular weight is 369 g/mol. The van der Waals surface area contributed by atoms with Crippen molar-refractivity contribution in [1.29, 1.82) is 5.26 Å². The van der Waals surface area contributed by atoms with Gasteiger partial charge in [-0.1, -0.05) is 0 Å². The smallest absolute Gasteiger partial charge is 0.330 e. The van der Waals surface area contributed by atoms with Crippen molar-refractivity contribution < 1.29 is 9.63 Å². The van der Waals surface area contributed by atoms with Crippen molar-refractivity contribution in [3.05, 3.63) is 16.9 Å². The van der Waals surface area contributed by atoms with Crippen LogP contribution >= 0.6 is 15.9 Å². The van der Waals surface area contributed by atoms with E-state index in [0.717, 1.165) is 4.47 Å². The van der Waals surface area contributed by atoms with E-state index in [1.807, 2.05) is 31.6 Å². The molecule has 0 aromatic carbocycles. The van der Waals surface area contributed by atoms with Crippen molar-refractivity contribution >= 4 is 21.9 Å².